The molecule has 5 rings (SSSR count). The normalized spacial score (nSPS) is 18.9. The van der Waals surface area contributed by atoms with Crippen LogP contribution in [0.15, 0.2) is 60.7 Å². The van der Waals surface area contributed by atoms with E-state index in [0.29, 0.717) is 6.04 Å². The minimum absolute atomic E-state index is 0.0163. The molecule has 0 aromatic heterocycles. The third-order valence-corrected chi connectivity index (χ3v) is 9.30. The molecule has 206 valence electrons. The first-order valence-corrected chi connectivity index (χ1v) is 14.6. The van der Waals surface area contributed by atoms with E-state index < -0.39 is 5.54 Å². The zero-order chi connectivity index (χ0) is 27.9. The lowest BCUT2D eigenvalue weighted by atomic mass is 9.89. The van der Waals surface area contributed by atoms with Crippen molar-refractivity contribution >= 4 is 5.91 Å². The lowest BCUT2D eigenvalue weighted by Crippen LogP contribution is -2.64. The number of carbonyl (C=O) groups excluding carboxylic acids is 1. The van der Waals surface area contributed by atoms with E-state index in [0.717, 1.165) is 39.0 Å². The molecule has 1 fully saturated rings. The van der Waals surface area contributed by atoms with E-state index in [-0.39, 0.29) is 11.9 Å². The average Bonchev–Trinajstić information content (AvgIpc) is 3.31. The van der Waals surface area contributed by atoms with Crippen LogP contribution in [0.25, 0.3) is 0 Å². The molecule has 1 amide bonds. The minimum atomic E-state index is -0.527. The second-order valence-corrected chi connectivity index (χ2v) is 12.3. The highest BCUT2D eigenvalue weighted by Crippen LogP contribution is 2.39. The smallest absolute Gasteiger partial charge is 0.244 e. The lowest BCUT2D eigenvalue weighted by Gasteiger charge is -2.48. The first kappa shape index (κ1) is 27.6. The fourth-order valence-electron chi connectivity index (χ4n) is 7.08. The van der Waals surface area contributed by atoms with Gasteiger partial charge in [0.1, 0.15) is 5.54 Å². The molecule has 1 aliphatic heterocycles. The Kier molecular flexibility index (Phi) is 7.72. The molecule has 4 nitrogen and oxygen atoms in total. The van der Waals surface area contributed by atoms with Crippen molar-refractivity contribution in [2.24, 2.45) is 0 Å². The predicted octanol–water partition coefficient (Wildman–Crippen LogP) is 6.36. The molecule has 4 heteroatoms. The topological polar surface area (TPSA) is 26.8 Å². The number of hydrogen-bond donors (Lipinski definition) is 0. The molecular formula is C35H45N3O. The maximum Gasteiger partial charge on any atom is 0.244 e. The molecule has 3 aromatic rings. The van der Waals surface area contributed by atoms with Gasteiger partial charge in [-0.1, -0.05) is 82.9 Å². The molecule has 0 spiro atoms. The molecule has 2 atom stereocenters. The van der Waals surface area contributed by atoms with Crippen LogP contribution in [0, 0.1) is 27.7 Å². The third kappa shape index (κ3) is 5.42. The molecule has 1 aliphatic carbocycles. The van der Waals surface area contributed by atoms with Crippen molar-refractivity contribution in [1.29, 1.82) is 0 Å². The Labute approximate surface area is 235 Å². The number of carbonyl (C=O) groups is 1. The van der Waals surface area contributed by atoms with Gasteiger partial charge in [-0.05, 0) is 63.8 Å². The summed E-state index contributed by atoms with van der Waals surface area (Å²) in [6, 6.07) is 22.6. The number of amides is 1. The second-order valence-electron chi connectivity index (χ2n) is 12.3. The zero-order valence-corrected chi connectivity index (χ0v) is 24.9. The molecule has 0 saturated carbocycles. The monoisotopic (exact) mass is 523 g/mol. The van der Waals surface area contributed by atoms with Crippen molar-refractivity contribution in [3.05, 3.63) is 105 Å². The van der Waals surface area contributed by atoms with Crippen LogP contribution in [0.5, 0.6) is 0 Å². The SMILES string of the molecule is Cc1cc(C)cc([C@H](C)N2CCN(C3(C(=O)N(C)[C@@H](C)c4cc(C)cc(C)c4)Cc4ccccc4C3)CC2)c1. The summed E-state index contributed by atoms with van der Waals surface area (Å²) in [7, 11) is 2.01. The van der Waals surface area contributed by atoms with Gasteiger partial charge in [0, 0.05) is 52.1 Å². The first-order chi connectivity index (χ1) is 18.6. The second kappa shape index (κ2) is 10.9. The van der Waals surface area contributed by atoms with Crippen molar-refractivity contribution in [3.63, 3.8) is 0 Å². The largest absolute Gasteiger partial charge is 0.337 e. The summed E-state index contributed by atoms with van der Waals surface area (Å²) in [5.41, 5.74) is 9.86. The van der Waals surface area contributed by atoms with E-state index in [1.807, 2.05) is 11.9 Å². The Morgan fingerprint density at radius 2 is 1.21 bits per heavy atom. The highest BCUT2D eigenvalue weighted by molar-refractivity contribution is 5.88. The van der Waals surface area contributed by atoms with Gasteiger partial charge >= 0.3 is 0 Å². The number of piperazine rings is 1. The fourth-order valence-corrected chi connectivity index (χ4v) is 7.08. The minimum Gasteiger partial charge on any atom is -0.337 e. The van der Waals surface area contributed by atoms with Gasteiger partial charge in [-0.15, -0.1) is 0 Å². The molecule has 0 unspecified atom stereocenters. The van der Waals surface area contributed by atoms with Gasteiger partial charge in [-0.2, -0.15) is 0 Å². The van der Waals surface area contributed by atoms with Gasteiger partial charge in [0.25, 0.3) is 0 Å². The van der Waals surface area contributed by atoms with Crippen LogP contribution in [-0.4, -0.2) is 59.4 Å². The van der Waals surface area contributed by atoms with Crippen LogP contribution in [-0.2, 0) is 17.6 Å². The molecule has 3 aromatic carbocycles. The Morgan fingerprint density at radius 1 is 0.744 bits per heavy atom. The standard InChI is InChI=1S/C35H45N3O/c1-24-16-25(2)19-32(18-24)28(5)36(7)34(39)35(22-30-10-8-9-11-31(30)23-35)38-14-12-37(13-15-38)29(6)33-20-26(3)17-27(4)21-33/h8-11,16-21,28-29H,12-15,22-23H2,1-7H3/t28-,29-/m0/s1. The highest BCUT2D eigenvalue weighted by atomic mass is 16.2. The highest BCUT2D eigenvalue weighted by Gasteiger charge is 2.51. The summed E-state index contributed by atoms with van der Waals surface area (Å²) >= 11 is 0. The van der Waals surface area contributed by atoms with Gasteiger partial charge in [0.05, 0.1) is 6.04 Å². The number of fused-ring (bicyclic) bond motifs is 1. The van der Waals surface area contributed by atoms with E-state index >= 15 is 0 Å². The molecule has 1 heterocycles. The van der Waals surface area contributed by atoms with Gasteiger partial charge < -0.3 is 4.90 Å². The number of hydrogen-bond acceptors (Lipinski definition) is 3. The lowest BCUT2D eigenvalue weighted by molar-refractivity contribution is -0.146. The number of nitrogens with zero attached hydrogens (tertiary/aromatic N) is 3. The van der Waals surface area contributed by atoms with E-state index in [4.69, 9.17) is 0 Å². The molecule has 39 heavy (non-hydrogen) atoms. The van der Waals surface area contributed by atoms with E-state index in [9.17, 15) is 4.79 Å². The summed E-state index contributed by atoms with van der Waals surface area (Å²) in [4.78, 5) is 21.7. The zero-order valence-electron chi connectivity index (χ0n) is 24.9. The van der Waals surface area contributed by atoms with Gasteiger partial charge in [0.2, 0.25) is 5.91 Å². The van der Waals surface area contributed by atoms with Crippen LogP contribution >= 0.6 is 0 Å². The van der Waals surface area contributed by atoms with Crippen LogP contribution in [0.1, 0.15) is 70.4 Å². The van der Waals surface area contributed by atoms with Crippen molar-refractivity contribution in [2.45, 2.75) is 72.0 Å². The summed E-state index contributed by atoms with van der Waals surface area (Å²) < 4.78 is 0. The first-order valence-electron chi connectivity index (χ1n) is 14.6. The number of benzene rings is 3. The molecule has 0 radical (unpaired) electrons. The van der Waals surface area contributed by atoms with Crippen LogP contribution < -0.4 is 0 Å². The Hall–Kier alpha value is -2.95. The van der Waals surface area contributed by atoms with E-state index in [1.165, 1.54) is 44.5 Å². The summed E-state index contributed by atoms with van der Waals surface area (Å²) in [5.74, 6) is 0.251. The van der Waals surface area contributed by atoms with Crippen LogP contribution in [0.4, 0.5) is 0 Å². The number of rotatable bonds is 6. The van der Waals surface area contributed by atoms with Gasteiger partial charge in [-0.3, -0.25) is 14.6 Å². The number of likely N-dealkylation sites (N-methyl/N-ethyl adjacent to an activating group) is 1. The average molecular weight is 524 g/mol. The molecule has 0 bridgehead atoms. The van der Waals surface area contributed by atoms with Crippen molar-refractivity contribution < 1.29 is 4.79 Å². The molecular weight excluding hydrogens is 478 g/mol. The van der Waals surface area contributed by atoms with Crippen molar-refractivity contribution in [2.75, 3.05) is 33.2 Å². The summed E-state index contributed by atoms with van der Waals surface area (Å²) in [5, 5.41) is 0. The Bertz CT molecular complexity index is 1290. The van der Waals surface area contributed by atoms with E-state index in [1.54, 1.807) is 0 Å². The van der Waals surface area contributed by atoms with E-state index in [2.05, 4.69) is 112 Å². The third-order valence-electron chi connectivity index (χ3n) is 9.30. The van der Waals surface area contributed by atoms with Crippen LogP contribution in [0.3, 0.4) is 0 Å². The molecule has 0 N–H and O–H groups in total. The van der Waals surface area contributed by atoms with Gasteiger partial charge in [-0.25, -0.2) is 0 Å². The maximum absolute atomic E-state index is 14.6. The summed E-state index contributed by atoms with van der Waals surface area (Å²) in [6.07, 6.45) is 1.58. The predicted molar refractivity (Wildman–Crippen MR) is 161 cm³/mol. The maximum atomic E-state index is 14.6. The van der Waals surface area contributed by atoms with Crippen LogP contribution in [0.2, 0.25) is 0 Å². The summed E-state index contributed by atoms with van der Waals surface area (Å²) in [6.45, 7) is 16.9. The number of aryl methyl sites for hydroxylation is 4. The van der Waals surface area contributed by atoms with Crippen molar-refractivity contribution in [1.82, 2.24) is 14.7 Å². The molecule has 2 aliphatic rings. The Morgan fingerprint density at radius 3 is 1.69 bits per heavy atom. The van der Waals surface area contributed by atoms with Crippen molar-refractivity contribution in [3.8, 4) is 0 Å². The molecule has 1 saturated heterocycles. The van der Waals surface area contributed by atoms with Gasteiger partial charge in [0.15, 0.2) is 0 Å². The fraction of sp³-hybridized carbons (Fsp3) is 0.457. The Balaban J connectivity index is 1.39. The quantitative estimate of drug-likeness (QED) is 0.376.